The van der Waals surface area contributed by atoms with Crippen LogP contribution in [0.15, 0.2) is 36.4 Å². The number of halogens is 4. The van der Waals surface area contributed by atoms with Gasteiger partial charge < -0.3 is 4.74 Å². The van der Waals surface area contributed by atoms with E-state index in [4.69, 9.17) is 0 Å². The monoisotopic (exact) mass is 382 g/mol. The summed E-state index contributed by atoms with van der Waals surface area (Å²) in [6.07, 6.45) is 4.39. The van der Waals surface area contributed by atoms with Crippen molar-refractivity contribution in [1.29, 1.82) is 0 Å². The van der Waals surface area contributed by atoms with Crippen molar-refractivity contribution in [3.63, 3.8) is 0 Å². The number of rotatable bonds is 4. The molecule has 1 nitrogen and oxygen atoms in total. The molecule has 0 atom stereocenters. The van der Waals surface area contributed by atoms with Gasteiger partial charge in [-0.05, 0) is 54.0 Å². The Morgan fingerprint density at radius 2 is 1.56 bits per heavy atom. The standard InChI is InChI=1S/C20H20F4O.C2H6/c1-12-2-4-13(5-3-12)14-6-8-16(17(21)10-14)15-7-9-19(18(22)11-15)25-20(23)24;1-2/h6-13,20H,2-5H2,1H3;1-2H3. The van der Waals surface area contributed by atoms with Crippen LogP contribution in [0, 0.1) is 17.6 Å². The molecule has 0 heterocycles. The molecule has 0 unspecified atom stereocenters. The summed E-state index contributed by atoms with van der Waals surface area (Å²) in [5, 5.41) is 0. The molecule has 0 N–H and O–H groups in total. The maximum Gasteiger partial charge on any atom is 0.387 e. The van der Waals surface area contributed by atoms with Crippen LogP contribution in [0.4, 0.5) is 17.6 Å². The molecular weight excluding hydrogens is 356 g/mol. The molecule has 0 aromatic heterocycles. The van der Waals surface area contributed by atoms with Gasteiger partial charge in [0.05, 0.1) is 0 Å². The van der Waals surface area contributed by atoms with Crippen molar-refractivity contribution in [3.05, 3.63) is 53.6 Å². The van der Waals surface area contributed by atoms with Crippen LogP contribution in [0.5, 0.6) is 5.75 Å². The molecule has 0 spiro atoms. The molecule has 0 saturated heterocycles. The van der Waals surface area contributed by atoms with Gasteiger partial charge in [-0.1, -0.05) is 51.8 Å². The smallest absolute Gasteiger partial charge is 0.387 e. The minimum absolute atomic E-state index is 0.246. The van der Waals surface area contributed by atoms with Crippen LogP contribution in [0.25, 0.3) is 11.1 Å². The van der Waals surface area contributed by atoms with Gasteiger partial charge in [0.1, 0.15) is 5.82 Å². The Labute approximate surface area is 158 Å². The van der Waals surface area contributed by atoms with E-state index in [0.29, 0.717) is 11.5 Å². The summed E-state index contributed by atoms with van der Waals surface area (Å²) in [5.74, 6) is -0.844. The van der Waals surface area contributed by atoms with E-state index in [1.54, 1.807) is 6.07 Å². The highest BCUT2D eigenvalue weighted by Crippen LogP contribution is 2.37. The Balaban J connectivity index is 0.00000126. The number of benzene rings is 2. The zero-order valence-electron chi connectivity index (χ0n) is 15.9. The van der Waals surface area contributed by atoms with Crippen molar-refractivity contribution in [2.24, 2.45) is 5.92 Å². The molecule has 3 rings (SSSR count). The molecule has 27 heavy (non-hydrogen) atoms. The first-order valence-electron chi connectivity index (χ1n) is 9.48. The first-order valence-corrected chi connectivity index (χ1v) is 9.48. The fourth-order valence-electron chi connectivity index (χ4n) is 3.47. The van der Waals surface area contributed by atoms with Crippen LogP contribution in [-0.2, 0) is 0 Å². The molecule has 0 aliphatic heterocycles. The van der Waals surface area contributed by atoms with Crippen LogP contribution in [0.1, 0.15) is 57.9 Å². The molecular formula is C22H26F4O. The highest BCUT2D eigenvalue weighted by Gasteiger charge is 2.21. The molecule has 1 saturated carbocycles. The van der Waals surface area contributed by atoms with Gasteiger partial charge in [-0.15, -0.1) is 0 Å². The van der Waals surface area contributed by atoms with Gasteiger partial charge in [0.2, 0.25) is 0 Å². The van der Waals surface area contributed by atoms with E-state index in [1.165, 1.54) is 12.1 Å². The normalized spacial score (nSPS) is 19.4. The number of ether oxygens (including phenoxy) is 1. The van der Waals surface area contributed by atoms with Gasteiger partial charge in [0.15, 0.2) is 11.6 Å². The zero-order chi connectivity index (χ0) is 20.0. The summed E-state index contributed by atoms with van der Waals surface area (Å²) in [7, 11) is 0. The van der Waals surface area contributed by atoms with Gasteiger partial charge in [0.25, 0.3) is 0 Å². The topological polar surface area (TPSA) is 9.23 Å². The third-order valence-electron chi connectivity index (χ3n) is 4.94. The third-order valence-corrected chi connectivity index (χ3v) is 4.94. The molecule has 2 aromatic carbocycles. The summed E-state index contributed by atoms with van der Waals surface area (Å²) in [6.45, 7) is 3.13. The predicted octanol–water partition coefficient (Wildman–Crippen LogP) is 7.55. The van der Waals surface area contributed by atoms with E-state index in [-0.39, 0.29) is 5.56 Å². The van der Waals surface area contributed by atoms with E-state index in [2.05, 4.69) is 11.7 Å². The number of hydrogen-bond donors (Lipinski definition) is 0. The van der Waals surface area contributed by atoms with Crippen LogP contribution < -0.4 is 4.74 Å². The van der Waals surface area contributed by atoms with E-state index < -0.39 is 24.0 Å². The molecule has 0 radical (unpaired) electrons. The second-order valence-electron chi connectivity index (χ2n) is 6.72. The molecule has 0 bridgehead atoms. The Bertz CT molecular complexity index is 737. The highest BCUT2D eigenvalue weighted by molar-refractivity contribution is 5.65. The molecule has 2 aromatic rings. The molecule has 1 aliphatic rings. The number of hydrogen-bond acceptors (Lipinski definition) is 1. The van der Waals surface area contributed by atoms with Crippen molar-refractivity contribution in [2.45, 2.75) is 59.0 Å². The van der Waals surface area contributed by atoms with Crippen molar-refractivity contribution < 1.29 is 22.3 Å². The maximum atomic E-state index is 14.5. The fourth-order valence-corrected chi connectivity index (χ4v) is 3.47. The summed E-state index contributed by atoms with van der Waals surface area (Å²) in [4.78, 5) is 0. The second-order valence-corrected chi connectivity index (χ2v) is 6.72. The molecule has 1 aliphatic carbocycles. The lowest BCUT2D eigenvalue weighted by atomic mass is 9.79. The van der Waals surface area contributed by atoms with E-state index >= 15 is 0 Å². The molecule has 148 valence electrons. The van der Waals surface area contributed by atoms with Crippen molar-refractivity contribution in [1.82, 2.24) is 0 Å². The lowest BCUT2D eigenvalue weighted by Gasteiger charge is -2.26. The first-order chi connectivity index (χ1) is 12.9. The van der Waals surface area contributed by atoms with E-state index in [0.717, 1.165) is 49.3 Å². The van der Waals surface area contributed by atoms with Crippen LogP contribution in [-0.4, -0.2) is 6.61 Å². The lowest BCUT2D eigenvalue weighted by molar-refractivity contribution is -0.0521. The molecule has 0 amide bonds. The van der Waals surface area contributed by atoms with Gasteiger partial charge in [-0.25, -0.2) is 8.78 Å². The van der Waals surface area contributed by atoms with Crippen molar-refractivity contribution in [2.75, 3.05) is 0 Å². The fraction of sp³-hybridized carbons (Fsp3) is 0.455. The second kappa shape index (κ2) is 9.77. The average Bonchev–Trinajstić information content (AvgIpc) is 2.65. The zero-order valence-corrected chi connectivity index (χ0v) is 15.9. The Morgan fingerprint density at radius 3 is 2.11 bits per heavy atom. The minimum atomic E-state index is -3.10. The Kier molecular flexibility index (Phi) is 7.69. The van der Waals surface area contributed by atoms with Gasteiger partial charge in [0, 0.05) is 5.56 Å². The minimum Gasteiger partial charge on any atom is -0.432 e. The molecule has 1 fully saturated rings. The predicted molar refractivity (Wildman–Crippen MR) is 100 cm³/mol. The quantitative estimate of drug-likeness (QED) is 0.496. The largest absolute Gasteiger partial charge is 0.432 e. The van der Waals surface area contributed by atoms with E-state index in [1.807, 2.05) is 19.9 Å². The number of alkyl halides is 2. The third kappa shape index (κ3) is 5.47. The van der Waals surface area contributed by atoms with E-state index in [9.17, 15) is 17.6 Å². The maximum absolute atomic E-state index is 14.5. The van der Waals surface area contributed by atoms with Gasteiger partial charge >= 0.3 is 6.61 Å². The lowest BCUT2D eigenvalue weighted by Crippen LogP contribution is -2.11. The van der Waals surface area contributed by atoms with Gasteiger partial charge in [-0.3, -0.25) is 0 Å². The van der Waals surface area contributed by atoms with Crippen molar-refractivity contribution >= 4 is 0 Å². The van der Waals surface area contributed by atoms with Gasteiger partial charge in [-0.2, -0.15) is 8.78 Å². The average molecular weight is 382 g/mol. The summed E-state index contributed by atoms with van der Waals surface area (Å²) >= 11 is 0. The SMILES string of the molecule is CC.CC1CCC(c2ccc(-c3ccc(OC(F)F)c(F)c3)c(F)c2)CC1. The summed E-state index contributed by atoms with van der Waals surface area (Å²) < 4.78 is 56.8. The summed E-state index contributed by atoms with van der Waals surface area (Å²) in [5.41, 5.74) is 1.50. The van der Waals surface area contributed by atoms with Crippen LogP contribution >= 0.6 is 0 Å². The summed E-state index contributed by atoms with van der Waals surface area (Å²) in [6, 6.07) is 8.50. The van der Waals surface area contributed by atoms with Crippen LogP contribution in [0.3, 0.4) is 0 Å². The Hall–Kier alpha value is -2.04. The molecule has 5 heteroatoms. The Morgan fingerprint density at radius 1 is 0.889 bits per heavy atom. The first kappa shape index (κ1) is 21.3. The highest BCUT2D eigenvalue weighted by atomic mass is 19.3. The van der Waals surface area contributed by atoms with Crippen LogP contribution in [0.2, 0.25) is 0 Å². The van der Waals surface area contributed by atoms with Crippen molar-refractivity contribution in [3.8, 4) is 16.9 Å².